The van der Waals surface area contributed by atoms with E-state index < -0.39 is 12.0 Å². The van der Waals surface area contributed by atoms with Crippen molar-refractivity contribution in [2.75, 3.05) is 12.9 Å². The molecule has 9 heteroatoms. The first-order valence-electron chi connectivity index (χ1n) is 8.96. The van der Waals surface area contributed by atoms with Gasteiger partial charge in [0, 0.05) is 25.4 Å². The Morgan fingerprint density at radius 1 is 1.21 bits per heavy atom. The van der Waals surface area contributed by atoms with Crippen LogP contribution >= 0.6 is 11.8 Å². The lowest BCUT2D eigenvalue weighted by Gasteiger charge is -2.35. The van der Waals surface area contributed by atoms with Crippen molar-refractivity contribution >= 4 is 23.6 Å². The number of thioether (sulfide) groups is 1. The number of pyridine rings is 1. The topological polar surface area (TPSA) is 98.4 Å². The van der Waals surface area contributed by atoms with Crippen LogP contribution in [0.25, 0.3) is 11.5 Å². The van der Waals surface area contributed by atoms with E-state index in [1.807, 2.05) is 30.3 Å². The van der Waals surface area contributed by atoms with Gasteiger partial charge in [-0.25, -0.2) is 4.79 Å². The number of amides is 1. The molecule has 8 nitrogen and oxygen atoms in total. The molecule has 1 atom stereocenters. The summed E-state index contributed by atoms with van der Waals surface area (Å²) in [6.45, 7) is 0.361. The summed E-state index contributed by atoms with van der Waals surface area (Å²) >= 11 is 1.14. The van der Waals surface area contributed by atoms with Gasteiger partial charge in [-0.05, 0) is 23.3 Å². The van der Waals surface area contributed by atoms with Gasteiger partial charge in [0.15, 0.2) is 0 Å². The molecule has 1 amide bonds. The van der Waals surface area contributed by atoms with E-state index in [1.54, 1.807) is 23.4 Å². The number of benzene rings is 1. The highest BCUT2D eigenvalue weighted by Gasteiger charge is 2.35. The van der Waals surface area contributed by atoms with Crippen molar-refractivity contribution in [3.63, 3.8) is 0 Å². The Morgan fingerprint density at radius 2 is 2.03 bits per heavy atom. The second-order valence-electron chi connectivity index (χ2n) is 6.44. The third kappa shape index (κ3) is 4.14. The van der Waals surface area contributed by atoms with Crippen LogP contribution in [0.5, 0.6) is 0 Å². The average Bonchev–Trinajstić information content (AvgIpc) is 3.25. The van der Waals surface area contributed by atoms with E-state index in [0.29, 0.717) is 24.4 Å². The number of rotatable bonds is 5. The lowest BCUT2D eigenvalue weighted by atomic mass is 9.94. The highest BCUT2D eigenvalue weighted by molar-refractivity contribution is 7.99. The fraction of sp³-hybridized carbons (Fsp3) is 0.250. The standard InChI is InChI=1S/C20H18N4O4S/c1-27-19(26)16-9-13-5-2-3-6-15(13)11-24(16)17(25)12-29-20-23-22-18(28-20)14-7-4-8-21-10-14/h2-8,10,16H,9,11-12H2,1H3/t16-/m1/s1. The summed E-state index contributed by atoms with van der Waals surface area (Å²) in [6.07, 6.45) is 3.72. The van der Waals surface area contributed by atoms with Crippen molar-refractivity contribution in [1.29, 1.82) is 0 Å². The molecule has 0 saturated carbocycles. The molecule has 3 heterocycles. The van der Waals surface area contributed by atoms with Crippen molar-refractivity contribution in [1.82, 2.24) is 20.1 Å². The van der Waals surface area contributed by atoms with Gasteiger partial charge in [0.05, 0.1) is 18.4 Å². The predicted molar refractivity (Wildman–Crippen MR) is 105 cm³/mol. The molecule has 0 radical (unpaired) electrons. The quantitative estimate of drug-likeness (QED) is 0.467. The largest absolute Gasteiger partial charge is 0.467 e. The van der Waals surface area contributed by atoms with E-state index in [0.717, 1.165) is 22.9 Å². The highest BCUT2D eigenvalue weighted by Crippen LogP contribution is 2.27. The summed E-state index contributed by atoms with van der Waals surface area (Å²) < 4.78 is 10.5. The molecular weight excluding hydrogens is 392 g/mol. The van der Waals surface area contributed by atoms with Gasteiger partial charge in [-0.3, -0.25) is 9.78 Å². The van der Waals surface area contributed by atoms with Gasteiger partial charge in [0.1, 0.15) is 6.04 Å². The first-order chi connectivity index (χ1) is 14.2. The van der Waals surface area contributed by atoms with Crippen molar-refractivity contribution in [3.8, 4) is 11.5 Å². The molecule has 0 saturated heterocycles. The molecule has 29 heavy (non-hydrogen) atoms. The number of ether oxygens (including phenoxy) is 1. The van der Waals surface area contributed by atoms with Crippen LogP contribution in [0.1, 0.15) is 11.1 Å². The number of hydrogen-bond donors (Lipinski definition) is 0. The number of fused-ring (bicyclic) bond motifs is 1. The van der Waals surface area contributed by atoms with Gasteiger partial charge in [-0.15, -0.1) is 10.2 Å². The average molecular weight is 410 g/mol. The maximum absolute atomic E-state index is 12.9. The lowest BCUT2D eigenvalue weighted by Crippen LogP contribution is -2.49. The monoisotopic (exact) mass is 410 g/mol. The van der Waals surface area contributed by atoms with Crippen LogP contribution < -0.4 is 0 Å². The minimum atomic E-state index is -0.642. The molecule has 2 aromatic heterocycles. The molecule has 0 fully saturated rings. The summed E-state index contributed by atoms with van der Waals surface area (Å²) in [4.78, 5) is 30.7. The van der Waals surface area contributed by atoms with Gasteiger partial charge < -0.3 is 14.1 Å². The van der Waals surface area contributed by atoms with E-state index in [9.17, 15) is 9.59 Å². The number of methoxy groups -OCH3 is 1. The predicted octanol–water partition coefficient (Wildman–Crippen LogP) is 2.35. The zero-order valence-corrected chi connectivity index (χ0v) is 16.5. The van der Waals surface area contributed by atoms with Crippen LogP contribution in [0.4, 0.5) is 0 Å². The smallest absolute Gasteiger partial charge is 0.328 e. The summed E-state index contributed by atoms with van der Waals surface area (Å²) in [5, 5.41) is 8.24. The highest BCUT2D eigenvalue weighted by atomic mass is 32.2. The Morgan fingerprint density at radius 3 is 2.79 bits per heavy atom. The zero-order valence-electron chi connectivity index (χ0n) is 15.6. The van der Waals surface area contributed by atoms with Gasteiger partial charge >= 0.3 is 5.97 Å². The van der Waals surface area contributed by atoms with Crippen LogP contribution in [0, 0.1) is 0 Å². The third-order valence-electron chi connectivity index (χ3n) is 4.68. The second-order valence-corrected chi connectivity index (χ2v) is 7.36. The van der Waals surface area contributed by atoms with E-state index >= 15 is 0 Å². The maximum Gasteiger partial charge on any atom is 0.328 e. The lowest BCUT2D eigenvalue weighted by molar-refractivity contribution is -0.153. The zero-order chi connectivity index (χ0) is 20.2. The second kappa shape index (κ2) is 8.44. The molecule has 0 aliphatic carbocycles. The molecule has 0 N–H and O–H groups in total. The Bertz CT molecular complexity index is 1020. The van der Waals surface area contributed by atoms with Gasteiger partial charge in [0.25, 0.3) is 5.22 Å². The Kier molecular flexibility index (Phi) is 5.57. The van der Waals surface area contributed by atoms with E-state index in [4.69, 9.17) is 9.15 Å². The van der Waals surface area contributed by atoms with Gasteiger partial charge in [-0.2, -0.15) is 0 Å². The molecule has 1 aromatic carbocycles. The number of nitrogens with zero attached hydrogens (tertiary/aromatic N) is 4. The van der Waals surface area contributed by atoms with Crippen LogP contribution in [0.2, 0.25) is 0 Å². The fourth-order valence-electron chi connectivity index (χ4n) is 3.21. The van der Waals surface area contributed by atoms with E-state index in [1.165, 1.54) is 7.11 Å². The first kappa shape index (κ1) is 19.1. The molecular formula is C20H18N4O4S. The third-order valence-corrected chi connectivity index (χ3v) is 5.48. The SMILES string of the molecule is COC(=O)[C@H]1Cc2ccccc2CN1C(=O)CSc1nnc(-c2cccnc2)o1. The summed E-state index contributed by atoms with van der Waals surface area (Å²) in [7, 11) is 1.33. The maximum atomic E-state index is 12.9. The summed E-state index contributed by atoms with van der Waals surface area (Å²) in [5.41, 5.74) is 2.79. The molecule has 148 valence electrons. The van der Waals surface area contributed by atoms with Crippen molar-refractivity contribution in [2.45, 2.75) is 24.2 Å². The number of carbonyl (C=O) groups excluding carboxylic acids is 2. The Hall–Kier alpha value is -3.20. The molecule has 0 spiro atoms. The number of carbonyl (C=O) groups is 2. The van der Waals surface area contributed by atoms with Gasteiger partial charge in [-0.1, -0.05) is 36.0 Å². The van der Waals surface area contributed by atoms with E-state index in [-0.39, 0.29) is 16.9 Å². The van der Waals surface area contributed by atoms with Crippen LogP contribution in [-0.2, 0) is 27.3 Å². The fourth-order valence-corrected chi connectivity index (χ4v) is 3.86. The number of aromatic nitrogens is 3. The van der Waals surface area contributed by atoms with Crippen molar-refractivity contribution < 1.29 is 18.7 Å². The number of esters is 1. The summed E-state index contributed by atoms with van der Waals surface area (Å²) in [5.74, 6) is -0.201. The molecule has 0 bridgehead atoms. The van der Waals surface area contributed by atoms with Crippen LogP contribution in [0.15, 0.2) is 58.4 Å². The van der Waals surface area contributed by atoms with Crippen molar-refractivity contribution in [2.24, 2.45) is 0 Å². The summed E-state index contributed by atoms with van der Waals surface area (Å²) in [6, 6.07) is 10.7. The molecule has 3 aromatic rings. The van der Waals surface area contributed by atoms with Crippen LogP contribution in [-0.4, -0.2) is 50.9 Å². The first-order valence-corrected chi connectivity index (χ1v) is 9.95. The molecule has 4 rings (SSSR count). The number of hydrogen-bond acceptors (Lipinski definition) is 8. The molecule has 1 aliphatic heterocycles. The minimum Gasteiger partial charge on any atom is -0.467 e. The minimum absolute atomic E-state index is 0.0737. The Labute approximate surface area is 171 Å². The molecule has 1 aliphatic rings. The normalized spacial score (nSPS) is 15.6. The molecule has 0 unspecified atom stereocenters. The van der Waals surface area contributed by atoms with Gasteiger partial charge in [0.2, 0.25) is 11.8 Å². The Balaban J connectivity index is 1.46. The van der Waals surface area contributed by atoms with E-state index in [2.05, 4.69) is 15.2 Å². The van der Waals surface area contributed by atoms with Crippen molar-refractivity contribution in [3.05, 3.63) is 59.9 Å². The van der Waals surface area contributed by atoms with Crippen LogP contribution in [0.3, 0.4) is 0 Å².